The third kappa shape index (κ3) is 4.33. The van der Waals surface area contributed by atoms with E-state index in [1.54, 1.807) is 54.5 Å². The first-order valence-corrected chi connectivity index (χ1v) is 15.4. The van der Waals surface area contributed by atoms with Gasteiger partial charge in [-0.25, -0.2) is 17.5 Å². The third-order valence-electron chi connectivity index (χ3n) is 8.80. The van der Waals surface area contributed by atoms with Gasteiger partial charge in [-0.1, -0.05) is 5.57 Å². The zero-order valence-corrected chi connectivity index (χ0v) is 24.4. The van der Waals surface area contributed by atoms with Crippen molar-refractivity contribution in [3.05, 3.63) is 106 Å². The first kappa shape index (κ1) is 27.4. The van der Waals surface area contributed by atoms with E-state index in [9.17, 15) is 22.4 Å². The summed E-state index contributed by atoms with van der Waals surface area (Å²) in [5.74, 6) is -0.690. The highest BCUT2D eigenvalue weighted by atomic mass is 32.2. The fourth-order valence-electron chi connectivity index (χ4n) is 6.47. The Hall–Kier alpha value is -4.48. The molecule has 2 aromatic carbocycles. The first-order valence-electron chi connectivity index (χ1n) is 14.0. The van der Waals surface area contributed by atoms with Crippen molar-refractivity contribution in [2.24, 2.45) is 5.41 Å². The molecule has 1 saturated heterocycles. The number of hydrogen-bond acceptors (Lipinski definition) is 6. The number of anilines is 1. The van der Waals surface area contributed by atoms with Gasteiger partial charge >= 0.3 is 0 Å². The van der Waals surface area contributed by atoms with Gasteiger partial charge in [0.2, 0.25) is 15.9 Å². The summed E-state index contributed by atoms with van der Waals surface area (Å²) in [7, 11) is -2.33. The van der Waals surface area contributed by atoms with Gasteiger partial charge in [0.1, 0.15) is 11.5 Å². The molecule has 2 aromatic heterocycles. The van der Waals surface area contributed by atoms with Crippen molar-refractivity contribution in [3.8, 4) is 5.69 Å². The summed E-state index contributed by atoms with van der Waals surface area (Å²) in [4.78, 5) is 32.7. The van der Waals surface area contributed by atoms with Gasteiger partial charge in [0, 0.05) is 32.0 Å². The van der Waals surface area contributed by atoms with Gasteiger partial charge in [-0.3, -0.25) is 14.6 Å². The first-order chi connectivity index (χ1) is 20.6. The summed E-state index contributed by atoms with van der Waals surface area (Å²) in [6.07, 6.45) is 5.92. The summed E-state index contributed by atoms with van der Waals surface area (Å²) in [5, 5.41) is 4.55. The van der Waals surface area contributed by atoms with Crippen molar-refractivity contribution in [3.63, 3.8) is 0 Å². The monoisotopic (exact) mass is 597 g/mol. The molecule has 0 saturated carbocycles. The number of benzene rings is 2. The number of carbonyl (C=O) groups is 2. The number of pyridine rings is 1. The predicted molar refractivity (Wildman–Crippen MR) is 158 cm³/mol. The number of rotatable bonds is 5. The second kappa shape index (κ2) is 9.78. The Morgan fingerprint density at radius 3 is 2.60 bits per heavy atom. The molecule has 218 valence electrons. The molecule has 0 unspecified atom stereocenters. The zero-order valence-electron chi connectivity index (χ0n) is 23.6. The van der Waals surface area contributed by atoms with Gasteiger partial charge < -0.3 is 4.90 Å². The van der Waals surface area contributed by atoms with Crippen LogP contribution in [0.25, 0.3) is 11.8 Å². The lowest BCUT2D eigenvalue weighted by molar-refractivity contribution is -0.117. The SMILES string of the molecule is Cc1ccnc(C(=O)[C@]23Cc4cnn(-c5ccc(F)cc5)c4C=C2CCN(S(=O)(=O)c2ccc4c(c2)CC(=O)N4C)C3)c1. The Labute approximate surface area is 248 Å². The molecule has 4 heterocycles. The Kier molecular flexibility index (Phi) is 6.22. The van der Waals surface area contributed by atoms with Crippen LogP contribution in [0.15, 0.2) is 77.5 Å². The minimum atomic E-state index is -4.00. The number of likely N-dealkylation sites (N-methyl/N-ethyl adjacent to an activating group) is 1. The van der Waals surface area contributed by atoms with Crippen molar-refractivity contribution in [2.45, 2.75) is 31.1 Å². The largest absolute Gasteiger partial charge is 0.315 e. The average molecular weight is 598 g/mol. The van der Waals surface area contributed by atoms with Crippen molar-refractivity contribution in [1.29, 1.82) is 0 Å². The van der Waals surface area contributed by atoms with E-state index in [1.807, 2.05) is 19.1 Å². The molecule has 9 nitrogen and oxygen atoms in total. The fourth-order valence-corrected chi connectivity index (χ4v) is 8.02. The van der Waals surface area contributed by atoms with E-state index < -0.39 is 15.4 Å². The molecule has 1 atom stereocenters. The number of fused-ring (bicyclic) bond motifs is 3. The van der Waals surface area contributed by atoms with E-state index in [2.05, 4.69) is 10.1 Å². The Balaban J connectivity index is 1.31. The smallest absolute Gasteiger partial charge is 0.243 e. The van der Waals surface area contributed by atoms with E-state index in [4.69, 9.17) is 0 Å². The third-order valence-corrected chi connectivity index (χ3v) is 10.6. The number of aryl methyl sites for hydroxylation is 1. The molecule has 1 amide bonds. The minimum Gasteiger partial charge on any atom is -0.315 e. The van der Waals surface area contributed by atoms with E-state index >= 15 is 0 Å². The average Bonchev–Trinajstić information content (AvgIpc) is 3.54. The molecule has 3 aliphatic rings. The number of ketones is 1. The summed E-state index contributed by atoms with van der Waals surface area (Å²) in [5.41, 5.74) is 4.38. The van der Waals surface area contributed by atoms with Crippen LogP contribution >= 0.6 is 0 Å². The molecule has 4 aromatic rings. The highest BCUT2D eigenvalue weighted by molar-refractivity contribution is 7.89. The summed E-state index contributed by atoms with van der Waals surface area (Å²) in [6, 6.07) is 14.3. The van der Waals surface area contributed by atoms with Gasteiger partial charge in [-0.15, -0.1) is 0 Å². The van der Waals surface area contributed by atoms with Crippen LogP contribution in [0.5, 0.6) is 0 Å². The number of carbonyl (C=O) groups excluding carboxylic acids is 2. The Morgan fingerprint density at radius 1 is 1.05 bits per heavy atom. The number of nitrogens with zero attached hydrogens (tertiary/aromatic N) is 5. The van der Waals surface area contributed by atoms with E-state index in [0.717, 1.165) is 22.4 Å². The Bertz CT molecular complexity index is 1970. The number of sulfonamides is 1. The highest BCUT2D eigenvalue weighted by Gasteiger charge is 2.51. The maximum absolute atomic E-state index is 14.4. The van der Waals surface area contributed by atoms with Gasteiger partial charge in [0.25, 0.3) is 0 Å². The van der Waals surface area contributed by atoms with Crippen LogP contribution in [0.3, 0.4) is 0 Å². The van der Waals surface area contributed by atoms with Gasteiger partial charge in [0.15, 0.2) is 5.78 Å². The van der Waals surface area contributed by atoms with Crippen LogP contribution in [0.1, 0.15) is 39.3 Å². The molecule has 2 aliphatic heterocycles. The van der Waals surface area contributed by atoms with Gasteiger partial charge in [-0.2, -0.15) is 9.40 Å². The fraction of sp³-hybridized carbons (Fsp3) is 0.250. The minimum absolute atomic E-state index is 0.0628. The van der Waals surface area contributed by atoms with Crippen LogP contribution in [0.4, 0.5) is 10.1 Å². The van der Waals surface area contributed by atoms with Crippen molar-refractivity contribution >= 4 is 33.5 Å². The van der Waals surface area contributed by atoms with Crippen LogP contribution in [0.2, 0.25) is 0 Å². The summed E-state index contributed by atoms with van der Waals surface area (Å²) in [6.45, 7) is 2.00. The lowest BCUT2D eigenvalue weighted by Crippen LogP contribution is -2.53. The topological polar surface area (TPSA) is 105 Å². The van der Waals surface area contributed by atoms with E-state index in [0.29, 0.717) is 23.4 Å². The number of halogens is 1. The number of amides is 1. The normalized spacial score (nSPS) is 19.9. The van der Waals surface area contributed by atoms with Crippen molar-refractivity contribution < 1.29 is 22.4 Å². The Morgan fingerprint density at radius 2 is 1.84 bits per heavy atom. The number of aromatic nitrogens is 3. The van der Waals surface area contributed by atoms with Gasteiger partial charge in [0.05, 0.1) is 34.3 Å². The van der Waals surface area contributed by atoms with Crippen LogP contribution in [-0.4, -0.2) is 59.3 Å². The van der Waals surface area contributed by atoms with E-state index in [1.165, 1.54) is 27.4 Å². The zero-order chi connectivity index (χ0) is 30.1. The maximum Gasteiger partial charge on any atom is 0.243 e. The van der Waals surface area contributed by atoms with Crippen LogP contribution < -0.4 is 4.90 Å². The summed E-state index contributed by atoms with van der Waals surface area (Å²) >= 11 is 0. The van der Waals surface area contributed by atoms with Gasteiger partial charge in [-0.05, 0) is 97.1 Å². The molecule has 11 heteroatoms. The molecule has 1 aliphatic carbocycles. The standard InChI is InChI=1S/C32H28FN5O4S/c1-20-9-11-34-27(13-20)31(40)32-17-22-18-35-38(25-5-3-24(33)4-6-25)29(22)16-23(32)10-12-37(19-32)43(41,42)26-7-8-28-21(14-26)15-30(39)36(28)2/h3-9,11,13-14,16,18H,10,12,15,17,19H2,1-2H3/t32-/m0/s1. The van der Waals surface area contributed by atoms with Crippen LogP contribution in [0, 0.1) is 18.2 Å². The number of piperidine rings is 1. The lowest BCUT2D eigenvalue weighted by atomic mass is 9.65. The molecule has 0 bridgehead atoms. The molecule has 43 heavy (non-hydrogen) atoms. The number of Topliss-reactive ketones (excluding diaryl/α,β-unsaturated/α-hetero) is 1. The molecule has 7 rings (SSSR count). The molecular formula is C32H28FN5O4S. The maximum atomic E-state index is 14.4. The second-order valence-corrected chi connectivity index (χ2v) is 13.4. The van der Waals surface area contributed by atoms with E-state index in [-0.39, 0.29) is 54.0 Å². The molecule has 1 fully saturated rings. The lowest BCUT2D eigenvalue weighted by Gasteiger charge is -2.44. The molecule has 0 radical (unpaired) electrons. The predicted octanol–water partition coefficient (Wildman–Crippen LogP) is 4.14. The highest BCUT2D eigenvalue weighted by Crippen LogP contribution is 2.47. The molecular weight excluding hydrogens is 569 g/mol. The van der Waals surface area contributed by atoms with Crippen molar-refractivity contribution in [1.82, 2.24) is 19.1 Å². The number of hydrogen-bond donors (Lipinski definition) is 0. The van der Waals surface area contributed by atoms with Crippen LogP contribution in [-0.2, 0) is 27.7 Å². The quantitative estimate of drug-likeness (QED) is 0.321. The summed E-state index contributed by atoms with van der Waals surface area (Å²) < 4.78 is 44.9. The second-order valence-electron chi connectivity index (χ2n) is 11.4. The molecule has 0 spiro atoms. The molecule has 0 N–H and O–H groups in total. The van der Waals surface area contributed by atoms with Crippen molar-refractivity contribution in [2.75, 3.05) is 25.0 Å².